The van der Waals surface area contributed by atoms with E-state index < -0.39 is 11.6 Å². The van der Waals surface area contributed by atoms with E-state index >= 15 is 0 Å². The summed E-state index contributed by atoms with van der Waals surface area (Å²) in [6, 6.07) is 0. The van der Waals surface area contributed by atoms with Crippen LogP contribution in [-0.4, -0.2) is 12.2 Å². The van der Waals surface area contributed by atoms with Crippen LogP contribution in [0, 0.1) is 11.6 Å². The van der Waals surface area contributed by atoms with E-state index in [4.69, 9.17) is 9.47 Å². The van der Waals surface area contributed by atoms with E-state index in [2.05, 4.69) is 13.8 Å². The first-order valence-electron chi connectivity index (χ1n) is 7.51. The third kappa shape index (κ3) is 2.05. The van der Waals surface area contributed by atoms with Crippen LogP contribution >= 0.6 is 0 Å². The van der Waals surface area contributed by atoms with Crippen molar-refractivity contribution < 1.29 is 18.3 Å². The molecule has 20 heavy (non-hydrogen) atoms. The lowest BCUT2D eigenvalue weighted by atomic mass is 9.97. The van der Waals surface area contributed by atoms with Gasteiger partial charge in [-0.15, -0.1) is 0 Å². The summed E-state index contributed by atoms with van der Waals surface area (Å²) in [5.74, 6) is -1.51. The second-order valence-electron chi connectivity index (χ2n) is 5.71. The molecule has 0 aromatic heterocycles. The van der Waals surface area contributed by atoms with Crippen molar-refractivity contribution in [1.82, 2.24) is 0 Å². The summed E-state index contributed by atoms with van der Waals surface area (Å²) >= 11 is 0. The molecule has 2 aliphatic heterocycles. The number of hydrogen-bond acceptors (Lipinski definition) is 2. The Labute approximate surface area is 118 Å². The molecule has 0 saturated heterocycles. The number of ether oxygens (including phenoxy) is 2. The van der Waals surface area contributed by atoms with Crippen molar-refractivity contribution in [2.24, 2.45) is 0 Å². The fraction of sp³-hybridized carbons (Fsp3) is 0.625. The zero-order valence-electron chi connectivity index (χ0n) is 12.0. The van der Waals surface area contributed by atoms with Gasteiger partial charge in [0.05, 0.1) is 0 Å². The molecular formula is C16H20F2O2. The van der Waals surface area contributed by atoms with Gasteiger partial charge in [-0.1, -0.05) is 26.7 Å². The van der Waals surface area contributed by atoms with Crippen molar-refractivity contribution in [3.05, 3.63) is 22.8 Å². The normalized spacial score (nSPS) is 23.2. The Morgan fingerprint density at radius 2 is 1.25 bits per heavy atom. The van der Waals surface area contributed by atoms with Gasteiger partial charge in [-0.25, -0.2) is 0 Å². The minimum Gasteiger partial charge on any atom is -0.487 e. The molecule has 0 radical (unpaired) electrons. The molecule has 0 N–H and O–H groups in total. The molecule has 2 nitrogen and oxygen atoms in total. The van der Waals surface area contributed by atoms with E-state index in [1.54, 1.807) is 0 Å². The average molecular weight is 282 g/mol. The number of rotatable bonds is 4. The molecule has 0 amide bonds. The number of benzene rings is 1. The van der Waals surface area contributed by atoms with Gasteiger partial charge in [0.2, 0.25) is 11.6 Å². The van der Waals surface area contributed by atoms with Gasteiger partial charge in [-0.05, 0) is 12.8 Å². The van der Waals surface area contributed by atoms with Crippen LogP contribution in [0.15, 0.2) is 0 Å². The molecule has 1 aromatic rings. The van der Waals surface area contributed by atoms with Crippen LogP contribution in [0.3, 0.4) is 0 Å². The minimum atomic E-state index is -0.880. The largest absolute Gasteiger partial charge is 0.487 e. The van der Waals surface area contributed by atoms with E-state index in [0.717, 1.165) is 36.8 Å². The molecule has 4 heteroatoms. The maximum Gasteiger partial charge on any atom is 0.204 e. The fourth-order valence-corrected chi connectivity index (χ4v) is 3.25. The molecule has 2 unspecified atom stereocenters. The van der Waals surface area contributed by atoms with Crippen LogP contribution < -0.4 is 9.47 Å². The highest BCUT2D eigenvalue weighted by molar-refractivity contribution is 5.55. The quantitative estimate of drug-likeness (QED) is 0.825. The minimum absolute atomic E-state index is 0.0272. The molecule has 2 atom stereocenters. The summed E-state index contributed by atoms with van der Waals surface area (Å²) in [6.45, 7) is 4.13. The van der Waals surface area contributed by atoms with Crippen LogP contribution in [0.5, 0.6) is 11.5 Å². The molecule has 0 spiro atoms. The third-order valence-corrected chi connectivity index (χ3v) is 4.16. The molecule has 0 saturated carbocycles. The van der Waals surface area contributed by atoms with Gasteiger partial charge in [0.15, 0.2) is 11.5 Å². The first kappa shape index (κ1) is 13.7. The topological polar surface area (TPSA) is 18.5 Å². The van der Waals surface area contributed by atoms with E-state index in [9.17, 15) is 8.78 Å². The average Bonchev–Trinajstić information content (AvgIpc) is 3.01. The van der Waals surface area contributed by atoms with Crippen molar-refractivity contribution in [3.63, 3.8) is 0 Å². The van der Waals surface area contributed by atoms with Gasteiger partial charge in [0, 0.05) is 24.0 Å². The van der Waals surface area contributed by atoms with Gasteiger partial charge in [0.25, 0.3) is 0 Å². The lowest BCUT2D eigenvalue weighted by molar-refractivity contribution is 0.201. The lowest BCUT2D eigenvalue weighted by Gasteiger charge is -2.10. The Hall–Kier alpha value is -1.32. The van der Waals surface area contributed by atoms with Crippen molar-refractivity contribution in [3.8, 4) is 11.5 Å². The lowest BCUT2D eigenvalue weighted by Crippen LogP contribution is -2.13. The van der Waals surface area contributed by atoms with E-state index in [1.165, 1.54) is 0 Å². The van der Waals surface area contributed by atoms with Crippen molar-refractivity contribution >= 4 is 0 Å². The third-order valence-electron chi connectivity index (χ3n) is 4.16. The van der Waals surface area contributed by atoms with E-state index in [0.29, 0.717) is 12.8 Å². The molecule has 110 valence electrons. The number of hydrogen-bond donors (Lipinski definition) is 0. The monoisotopic (exact) mass is 282 g/mol. The summed E-state index contributed by atoms with van der Waals surface area (Å²) in [5.41, 5.74) is 1.66. The molecule has 2 aliphatic rings. The standard InChI is InChI=1S/C16H20F2O2/c1-3-5-9-7-11-12-8-10(6-4-2)20-16(12)14(18)13(17)15(11)19-9/h9-10H,3-8H2,1-2H3. The molecule has 0 bridgehead atoms. The Balaban J connectivity index is 1.97. The van der Waals surface area contributed by atoms with Gasteiger partial charge < -0.3 is 9.47 Å². The van der Waals surface area contributed by atoms with Crippen molar-refractivity contribution in [2.45, 2.75) is 64.6 Å². The SMILES string of the molecule is CCCC1Cc2c3c(c(F)c(F)c2O1)OC(CCC)C3. The molecule has 1 aromatic carbocycles. The van der Waals surface area contributed by atoms with E-state index in [1.807, 2.05) is 0 Å². The number of fused-ring (bicyclic) bond motifs is 3. The van der Waals surface area contributed by atoms with E-state index in [-0.39, 0.29) is 23.7 Å². The first-order chi connectivity index (χ1) is 9.65. The summed E-state index contributed by atoms with van der Waals surface area (Å²) in [6.07, 6.45) is 4.96. The van der Waals surface area contributed by atoms with Crippen LogP contribution in [0.1, 0.15) is 50.7 Å². The number of halogens is 2. The summed E-state index contributed by atoms with van der Waals surface area (Å²) in [7, 11) is 0. The highest BCUT2D eigenvalue weighted by atomic mass is 19.2. The molecular weight excluding hydrogens is 262 g/mol. The van der Waals surface area contributed by atoms with Crippen LogP contribution in [-0.2, 0) is 12.8 Å². The maximum absolute atomic E-state index is 14.1. The van der Waals surface area contributed by atoms with Crippen molar-refractivity contribution in [2.75, 3.05) is 0 Å². The van der Waals surface area contributed by atoms with Gasteiger partial charge in [-0.3, -0.25) is 0 Å². The summed E-state index contributed by atoms with van der Waals surface area (Å²) in [5, 5.41) is 0. The van der Waals surface area contributed by atoms with Gasteiger partial charge in [0.1, 0.15) is 12.2 Å². The highest BCUT2D eigenvalue weighted by Gasteiger charge is 2.38. The fourth-order valence-electron chi connectivity index (χ4n) is 3.25. The van der Waals surface area contributed by atoms with Crippen LogP contribution in [0.2, 0.25) is 0 Å². The predicted molar refractivity (Wildman–Crippen MR) is 72.4 cm³/mol. The van der Waals surface area contributed by atoms with Crippen molar-refractivity contribution in [1.29, 1.82) is 0 Å². The summed E-state index contributed by atoms with van der Waals surface area (Å²) < 4.78 is 39.4. The van der Waals surface area contributed by atoms with Crippen LogP contribution in [0.25, 0.3) is 0 Å². The van der Waals surface area contributed by atoms with Gasteiger partial charge >= 0.3 is 0 Å². The molecule has 0 aliphatic carbocycles. The predicted octanol–water partition coefficient (Wildman–Crippen LogP) is 4.17. The van der Waals surface area contributed by atoms with Crippen LogP contribution in [0.4, 0.5) is 8.78 Å². The zero-order valence-corrected chi connectivity index (χ0v) is 12.0. The Morgan fingerprint density at radius 1 is 0.850 bits per heavy atom. The zero-order chi connectivity index (χ0) is 14.3. The van der Waals surface area contributed by atoms with Gasteiger partial charge in [-0.2, -0.15) is 8.78 Å². The Kier molecular flexibility index (Phi) is 3.57. The first-order valence-corrected chi connectivity index (χ1v) is 7.51. The molecule has 0 fully saturated rings. The molecule has 2 heterocycles. The second-order valence-corrected chi connectivity index (χ2v) is 5.71. The maximum atomic E-state index is 14.1. The Morgan fingerprint density at radius 3 is 1.60 bits per heavy atom. The smallest absolute Gasteiger partial charge is 0.204 e. The summed E-state index contributed by atoms with van der Waals surface area (Å²) in [4.78, 5) is 0. The molecule has 3 rings (SSSR count). The second kappa shape index (κ2) is 5.23. The Bertz CT molecular complexity index is 481. The highest BCUT2D eigenvalue weighted by Crippen LogP contribution is 2.46.